The molecule has 9 nitrogen and oxygen atoms in total. The first kappa shape index (κ1) is 26.4. The molecule has 0 spiro atoms. The van der Waals surface area contributed by atoms with Gasteiger partial charge in [-0.15, -0.1) is 22.7 Å². The summed E-state index contributed by atoms with van der Waals surface area (Å²) in [6.07, 6.45) is 2.49. The summed E-state index contributed by atoms with van der Waals surface area (Å²) >= 11 is 2.92. The summed E-state index contributed by atoms with van der Waals surface area (Å²) in [6.45, 7) is 3.70. The van der Waals surface area contributed by atoms with E-state index in [1.165, 1.54) is 23.6 Å². The summed E-state index contributed by atoms with van der Waals surface area (Å²) in [6, 6.07) is 6.70. The number of hydrogen-bond donors (Lipinski definition) is 2. The van der Waals surface area contributed by atoms with Gasteiger partial charge in [-0.1, -0.05) is 19.9 Å². The van der Waals surface area contributed by atoms with Crippen molar-refractivity contribution in [3.8, 4) is 0 Å². The van der Waals surface area contributed by atoms with Gasteiger partial charge >= 0.3 is 0 Å². The highest BCUT2D eigenvalue weighted by Gasteiger charge is 2.35. The molecule has 2 atom stereocenters. The molecule has 192 valence electrons. The minimum Gasteiger partial charge on any atom is -0.344 e. The van der Waals surface area contributed by atoms with Crippen molar-refractivity contribution in [3.05, 3.63) is 46.8 Å². The van der Waals surface area contributed by atoms with Crippen LogP contribution in [0, 0.1) is 5.92 Å². The molecule has 3 aromatic rings. The molecule has 4 rings (SSSR count). The molecule has 0 bridgehead atoms. The van der Waals surface area contributed by atoms with Gasteiger partial charge in [-0.2, -0.15) is 4.31 Å². The SMILES string of the molecule is CC(C)C[C@H](NC(=O)c1cc2sccc2s1)C(=O)NC1CCCN(S(=O)(=O)c2ccccn2)CC1=O. The zero-order valence-electron chi connectivity index (χ0n) is 20.0. The van der Waals surface area contributed by atoms with Crippen LogP contribution < -0.4 is 10.6 Å². The summed E-state index contributed by atoms with van der Waals surface area (Å²) in [5, 5.41) is 7.44. The van der Waals surface area contributed by atoms with Crippen LogP contribution in [-0.4, -0.2) is 60.5 Å². The van der Waals surface area contributed by atoms with E-state index in [1.807, 2.05) is 31.4 Å². The lowest BCUT2D eigenvalue weighted by molar-refractivity contribution is -0.129. The average molecular weight is 549 g/mol. The van der Waals surface area contributed by atoms with Gasteiger partial charge in [-0.3, -0.25) is 14.4 Å². The predicted octanol–water partition coefficient (Wildman–Crippen LogP) is 3.04. The number of thiophene rings is 2. The standard InChI is InChI=1S/C24H28N4O5S3/c1-15(2)12-17(27-24(31)21-13-20-19(35-21)8-11-34-20)23(30)26-16-6-5-10-28(14-18(16)29)36(32,33)22-7-3-4-9-25-22/h3-4,7-9,11,13,15-17H,5-6,10,12,14H2,1-2H3,(H,26,30)(H,27,31)/t16?,17-/m0/s1. The van der Waals surface area contributed by atoms with Crippen molar-refractivity contribution in [2.24, 2.45) is 5.92 Å². The second kappa shape index (κ2) is 11.2. The minimum atomic E-state index is -3.92. The number of aromatic nitrogens is 1. The lowest BCUT2D eigenvalue weighted by atomic mass is 10.0. The van der Waals surface area contributed by atoms with Crippen molar-refractivity contribution in [2.45, 2.75) is 50.2 Å². The van der Waals surface area contributed by atoms with Gasteiger partial charge in [-0.05, 0) is 54.8 Å². The fraction of sp³-hybridized carbons (Fsp3) is 0.417. The van der Waals surface area contributed by atoms with E-state index in [0.717, 1.165) is 13.7 Å². The molecule has 0 aliphatic carbocycles. The highest BCUT2D eigenvalue weighted by molar-refractivity contribution is 7.89. The highest BCUT2D eigenvalue weighted by Crippen LogP contribution is 2.30. The van der Waals surface area contributed by atoms with Crippen LogP contribution in [0.2, 0.25) is 0 Å². The molecule has 0 saturated carbocycles. The van der Waals surface area contributed by atoms with E-state index >= 15 is 0 Å². The van der Waals surface area contributed by atoms with Gasteiger partial charge in [0.05, 0.1) is 17.5 Å². The molecular weight excluding hydrogens is 520 g/mol. The number of sulfonamides is 1. The lowest BCUT2D eigenvalue weighted by Gasteiger charge is -2.23. The van der Waals surface area contributed by atoms with Gasteiger partial charge in [0.2, 0.25) is 5.91 Å². The van der Waals surface area contributed by atoms with Crippen molar-refractivity contribution in [3.63, 3.8) is 0 Å². The number of carbonyl (C=O) groups excluding carboxylic acids is 3. The maximum absolute atomic E-state index is 13.2. The van der Waals surface area contributed by atoms with E-state index in [-0.39, 0.29) is 29.9 Å². The number of ketones is 1. The van der Waals surface area contributed by atoms with Crippen molar-refractivity contribution in [2.75, 3.05) is 13.1 Å². The Hall–Kier alpha value is -2.67. The second-order valence-electron chi connectivity index (χ2n) is 9.09. The molecule has 0 aromatic carbocycles. The Balaban J connectivity index is 1.43. The second-order valence-corrected chi connectivity index (χ2v) is 13.0. The molecule has 2 N–H and O–H groups in total. The zero-order chi connectivity index (χ0) is 25.9. The normalized spacial score (nSPS) is 18.2. The molecule has 0 radical (unpaired) electrons. The third kappa shape index (κ3) is 6.00. The third-order valence-electron chi connectivity index (χ3n) is 5.87. The molecule has 4 heterocycles. The number of nitrogens with zero attached hydrogens (tertiary/aromatic N) is 2. The van der Waals surface area contributed by atoms with Crippen molar-refractivity contribution >= 4 is 59.7 Å². The molecule has 1 aliphatic heterocycles. The molecular formula is C24H28N4O5S3. The number of pyridine rings is 1. The number of carbonyl (C=O) groups is 3. The van der Waals surface area contributed by atoms with Crippen molar-refractivity contribution in [1.82, 2.24) is 19.9 Å². The molecule has 2 amide bonds. The van der Waals surface area contributed by atoms with Crippen LogP contribution >= 0.6 is 22.7 Å². The van der Waals surface area contributed by atoms with Gasteiger partial charge in [0, 0.05) is 22.1 Å². The zero-order valence-corrected chi connectivity index (χ0v) is 22.4. The summed E-state index contributed by atoms with van der Waals surface area (Å²) in [7, 11) is -3.92. The molecule has 1 saturated heterocycles. The Kier molecular flexibility index (Phi) is 8.18. The van der Waals surface area contributed by atoms with E-state index in [2.05, 4.69) is 15.6 Å². The molecule has 12 heteroatoms. The predicted molar refractivity (Wildman–Crippen MR) is 140 cm³/mol. The molecule has 3 aromatic heterocycles. The Bertz CT molecular complexity index is 1320. The third-order valence-corrected chi connectivity index (χ3v) is 9.73. The topological polar surface area (TPSA) is 126 Å². The number of fused-ring (bicyclic) bond motifs is 1. The number of amides is 2. The Morgan fingerprint density at radius 2 is 2.03 bits per heavy atom. The molecule has 1 aliphatic rings. The van der Waals surface area contributed by atoms with E-state index in [4.69, 9.17) is 0 Å². The van der Waals surface area contributed by atoms with Gasteiger partial charge in [0.25, 0.3) is 15.9 Å². The Labute approximate surface area is 218 Å². The largest absolute Gasteiger partial charge is 0.344 e. The van der Waals surface area contributed by atoms with Crippen molar-refractivity contribution in [1.29, 1.82) is 0 Å². The lowest BCUT2D eigenvalue weighted by Crippen LogP contribution is -2.52. The van der Waals surface area contributed by atoms with E-state index in [1.54, 1.807) is 23.5 Å². The monoisotopic (exact) mass is 548 g/mol. The first-order chi connectivity index (χ1) is 17.1. The van der Waals surface area contributed by atoms with Crippen LogP contribution in [0.3, 0.4) is 0 Å². The van der Waals surface area contributed by atoms with Crippen LogP contribution in [0.1, 0.15) is 42.8 Å². The maximum Gasteiger partial charge on any atom is 0.262 e. The maximum atomic E-state index is 13.2. The first-order valence-corrected chi connectivity index (χ1v) is 14.8. The number of Topliss-reactive ketones (excluding diaryl/α,β-unsaturated/α-hetero) is 1. The van der Waals surface area contributed by atoms with Gasteiger partial charge in [0.1, 0.15) is 6.04 Å². The Morgan fingerprint density at radius 3 is 2.72 bits per heavy atom. The number of nitrogens with one attached hydrogen (secondary N) is 2. The number of rotatable bonds is 8. The average Bonchev–Trinajstić information content (AvgIpc) is 3.40. The van der Waals surface area contributed by atoms with E-state index in [9.17, 15) is 22.8 Å². The smallest absolute Gasteiger partial charge is 0.262 e. The van der Waals surface area contributed by atoms with Gasteiger partial charge in [-0.25, -0.2) is 13.4 Å². The fourth-order valence-corrected chi connectivity index (χ4v) is 7.46. The van der Waals surface area contributed by atoms with E-state index in [0.29, 0.717) is 24.1 Å². The van der Waals surface area contributed by atoms with Gasteiger partial charge in [0.15, 0.2) is 10.8 Å². The number of hydrogen-bond acceptors (Lipinski definition) is 8. The highest BCUT2D eigenvalue weighted by atomic mass is 32.2. The summed E-state index contributed by atoms with van der Waals surface area (Å²) in [5.41, 5.74) is 0. The van der Waals surface area contributed by atoms with Crippen LogP contribution in [0.15, 0.2) is 46.9 Å². The van der Waals surface area contributed by atoms with Gasteiger partial charge < -0.3 is 10.6 Å². The van der Waals surface area contributed by atoms with Crippen molar-refractivity contribution < 1.29 is 22.8 Å². The Morgan fingerprint density at radius 1 is 1.22 bits per heavy atom. The van der Waals surface area contributed by atoms with Crippen LogP contribution in [0.5, 0.6) is 0 Å². The quantitative estimate of drug-likeness (QED) is 0.446. The summed E-state index contributed by atoms with van der Waals surface area (Å²) in [5.74, 6) is -1.05. The van der Waals surface area contributed by atoms with Crippen LogP contribution in [-0.2, 0) is 19.6 Å². The van der Waals surface area contributed by atoms with Crippen LogP contribution in [0.4, 0.5) is 0 Å². The molecule has 1 fully saturated rings. The fourth-order valence-electron chi connectivity index (χ4n) is 4.07. The molecule has 36 heavy (non-hydrogen) atoms. The summed E-state index contributed by atoms with van der Waals surface area (Å²) in [4.78, 5) is 43.5. The minimum absolute atomic E-state index is 0.117. The van der Waals surface area contributed by atoms with E-state index < -0.39 is 33.8 Å². The first-order valence-electron chi connectivity index (χ1n) is 11.7. The summed E-state index contributed by atoms with van der Waals surface area (Å²) < 4.78 is 29.0. The van der Waals surface area contributed by atoms with Crippen LogP contribution in [0.25, 0.3) is 9.40 Å². The molecule has 1 unspecified atom stereocenters.